The summed E-state index contributed by atoms with van der Waals surface area (Å²) in [6.45, 7) is 8.45. The molecule has 0 bridgehead atoms. The number of hydrogen-bond donors (Lipinski definition) is 3. The number of piperidine rings is 1. The van der Waals surface area contributed by atoms with Gasteiger partial charge in [-0.1, -0.05) is 57.9 Å². The minimum absolute atomic E-state index is 0.0186. The van der Waals surface area contributed by atoms with Crippen molar-refractivity contribution in [3.8, 4) is 0 Å². The van der Waals surface area contributed by atoms with Gasteiger partial charge in [0.2, 0.25) is 21.8 Å². The lowest BCUT2D eigenvalue weighted by Gasteiger charge is -2.37. The quantitative estimate of drug-likeness (QED) is 0.200. The Morgan fingerprint density at radius 3 is 2.34 bits per heavy atom. The molecule has 1 aliphatic heterocycles. The Morgan fingerprint density at radius 1 is 1.09 bits per heavy atom. The number of amides is 4. The molecule has 4 amide bonds. The van der Waals surface area contributed by atoms with Crippen LogP contribution in [-0.4, -0.2) is 98.4 Å². The summed E-state index contributed by atoms with van der Waals surface area (Å²) in [7, 11) is -0.574. The normalized spacial score (nSPS) is 17.1. The molecule has 0 spiro atoms. The highest BCUT2D eigenvalue weighted by atomic mass is 32.2. The second-order valence-corrected chi connectivity index (χ2v) is 16.2. The van der Waals surface area contributed by atoms with Gasteiger partial charge in [0.05, 0.1) is 11.8 Å². The molecular formula is C35H51F3N6O7S2. The summed E-state index contributed by atoms with van der Waals surface area (Å²) in [5, 5.41) is 6.59. The summed E-state index contributed by atoms with van der Waals surface area (Å²) in [5.41, 5.74) is 0.433. The van der Waals surface area contributed by atoms with E-state index in [1.54, 1.807) is 24.2 Å². The number of likely N-dealkylation sites (tertiary alicyclic amines) is 1. The van der Waals surface area contributed by atoms with Gasteiger partial charge in [-0.25, -0.2) is 18.1 Å². The van der Waals surface area contributed by atoms with Crippen molar-refractivity contribution < 1.29 is 45.5 Å². The van der Waals surface area contributed by atoms with Crippen molar-refractivity contribution in [2.45, 2.75) is 109 Å². The third-order valence-corrected chi connectivity index (χ3v) is 11.2. The number of sulfonamides is 1. The van der Waals surface area contributed by atoms with Gasteiger partial charge in [0.25, 0.3) is 5.91 Å². The monoisotopic (exact) mass is 788 g/mol. The first-order chi connectivity index (χ1) is 24.9. The molecule has 0 saturated carbocycles. The number of ether oxygens (including phenoxy) is 1. The average molecular weight is 789 g/mol. The molecule has 0 aliphatic carbocycles. The molecule has 4 atom stereocenters. The molecule has 3 N–H and O–H groups in total. The molecule has 1 aromatic heterocycles. The van der Waals surface area contributed by atoms with E-state index >= 15 is 0 Å². The maximum Gasteiger partial charge on any atom is 0.471 e. The van der Waals surface area contributed by atoms with Gasteiger partial charge in [-0.3, -0.25) is 24.1 Å². The minimum Gasteiger partial charge on any atom is -0.371 e. The molecule has 1 aliphatic rings. The van der Waals surface area contributed by atoms with Crippen molar-refractivity contribution in [2.24, 2.45) is 5.92 Å². The zero-order valence-corrected chi connectivity index (χ0v) is 32.6. The highest BCUT2D eigenvalue weighted by Gasteiger charge is 2.38. The number of likely N-dealkylation sites (N-methyl/N-ethyl adjacent to an activating group) is 2. The van der Waals surface area contributed by atoms with Crippen molar-refractivity contribution in [1.29, 1.82) is 0 Å². The third-order valence-electron chi connectivity index (χ3n) is 9.07. The Balaban J connectivity index is 1.67. The van der Waals surface area contributed by atoms with Crippen LogP contribution in [0, 0.1) is 5.92 Å². The summed E-state index contributed by atoms with van der Waals surface area (Å²) in [6.07, 6.45) is -1.41. The Bertz CT molecular complexity index is 1650. The molecule has 53 heavy (non-hydrogen) atoms. The number of thiazole rings is 1. The maximum atomic E-state index is 13.9. The number of nitrogens with zero attached hydrogens (tertiary/aromatic N) is 3. The number of aromatic nitrogens is 1. The van der Waals surface area contributed by atoms with Gasteiger partial charge in [0.1, 0.15) is 22.8 Å². The lowest BCUT2D eigenvalue weighted by Crippen LogP contribution is -2.56. The molecule has 2 aromatic rings. The van der Waals surface area contributed by atoms with Gasteiger partial charge in [0.15, 0.2) is 0 Å². The van der Waals surface area contributed by atoms with Crippen LogP contribution in [-0.2, 0) is 41.4 Å². The van der Waals surface area contributed by atoms with Crippen LogP contribution in [0.3, 0.4) is 0 Å². The van der Waals surface area contributed by atoms with E-state index in [-0.39, 0.29) is 41.1 Å². The highest BCUT2D eigenvalue weighted by molar-refractivity contribution is 7.89. The van der Waals surface area contributed by atoms with Crippen molar-refractivity contribution in [1.82, 2.24) is 30.1 Å². The Kier molecular flexibility index (Phi) is 16.2. The van der Waals surface area contributed by atoms with Gasteiger partial charge in [-0.15, -0.1) is 11.3 Å². The van der Waals surface area contributed by atoms with Crippen LogP contribution in [0.1, 0.15) is 98.9 Å². The number of carbonyl (C=O) groups excluding carboxylic acids is 4. The molecule has 1 aromatic carbocycles. The van der Waals surface area contributed by atoms with Crippen LogP contribution in [0.25, 0.3) is 0 Å². The third kappa shape index (κ3) is 13.0. The Labute approximate surface area is 313 Å². The average Bonchev–Trinajstić information content (AvgIpc) is 3.59. The predicted octanol–water partition coefficient (Wildman–Crippen LogP) is 4.30. The first-order valence-corrected chi connectivity index (χ1v) is 20.2. The van der Waals surface area contributed by atoms with E-state index in [4.69, 9.17) is 4.74 Å². The molecule has 3 rings (SSSR count). The van der Waals surface area contributed by atoms with Crippen LogP contribution in [0.4, 0.5) is 13.2 Å². The Morgan fingerprint density at radius 2 is 1.75 bits per heavy atom. The van der Waals surface area contributed by atoms with Crippen LogP contribution in [0.2, 0.25) is 0 Å². The summed E-state index contributed by atoms with van der Waals surface area (Å²) >= 11 is 1.12. The number of carbonyl (C=O) groups is 4. The fraction of sp³-hybridized carbons (Fsp3) is 0.629. The largest absolute Gasteiger partial charge is 0.471 e. The van der Waals surface area contributed by atoms with Crippen LogP contribution in [0.15, 0.2) is 29.6 Å². The lowest BCUT2D eigenvalue weighted by molar-refractivity contribution is -0.173. The van der Waals surface area contributed by atoms with Gasteiger partial charge in [-0.05, 0) is 56.8 Å². The standard InChI is InChI=1S/C35H51F3N6O7S2/c1-7-11-25(40-31(46)27-12-9-10-17-43(27)5)33(47)44(6)28(22(3)4)18-29(51-8-2)32-41-26(20-52-32)30(45)42-53(49,50)21-24-15-13-23(14-16-24)19-39-34(48)35(36,37)38/h13-16,20,22,25,27-29H,7-12,17-19,21H2,1-6H3,(H,39,48)(H,40,46)(H,42,45)/t25-,27+,28+,29+/m0/s1. The molecule has 1 saturated heterocycles. The smallest absolute Gasteiger partial charge is 0.371 e. The second-order valence-electron chi connectivity index (χ2n) is 13.5. The van der Waals surface area contributed by atoms with E-state index in [9.17, 15) is 40.8 Å². The van der Waals surface area contributed by atoms with Crippen LogP contribution >= 0.6 is 11.3 Å². The maximum absolute atomic E-state index is 13.9. The van der Waals surface area contributed by atoms with E-state index < -0.39 is 52.5 Å². The SMILES string of the molecule is CCC[C@H](NC(=O)[C@H]1CCCCN1C)C(=O)N(C)[C@H](C[C@@H](OCC)c1nc(C(=O)NS(=O)(=O)Cc2ccc(CNC(=O)C(F)(F)F)cc2)cs1)C(C)C. The topological polar surface area (TPSA) is 167 Å². The number of benzene rings is 1. The number of nitrogens with one attached hydrogen (secondary N) is 3. The first-order valence-electron chi connectivity index (χ1n) is 17.7. The van der Waals surface area contributed by atoms with E-state index in [2.05, 4.69) is 10.3 Å². The molecular weight excluding hydrogens is 738 g/mol. The molecule has 0 radical (unpaired) electrons. The van der Waals surface area contributed by atoms with E-state index in [0.29, 0.717) is 36.4 Å². The summed E-state index contributed by atoms with van der Waals surface area (Å²) in [6, 6.07) is 4.18. The summed E-state index contributed by atoms with van der Waals surface area (Å²) in [4.78, 5) is 59.2. The fourth-order valence-electron chi connectivity index (χ4n) is 6.19. The van der Waals surface area contributed by atoms with Crippen LogP contribution < -0.4 is 15.4 Å². The zero-order chi connectivity index (χ0) is 39.5. The van der Waals surface area contributed by atoms with Crippen molar-refractivity contribution in [3.63, 3.8) is 0 Å². The number of halogens is 3. The number of rotatable bonds is 18. The molecule has 0 unspecified atom stereocenters. The lowest BCUT2D eigenvalue weighted by atomic mass is 9.95. The van der Waals surface area contributed by atoms with Crippen molar-refractivity contribution in [3.05, 3.63) is 51.5 Å². The van der Waals surface area contributed by atoms with E-state index in [1.165, 1.54) is 29.6 Å². The van der Waals surface area contributed by atoms with Gasteiger partial charge < -0.3 is 20.3 Å². The summed E-state index contributed by atoms with van der Waals surface area (Å²) < 4.78 is 71.0. The van der Waals surface area contributed by atoms with Gasteiger partial charge in [-0.2, -0.15) is 13.2 Å². The first kappa shape index (κ1) is 43.8. The molecule has 1 fully saturated rings. The number of hydrogen-bond acceptors (Lipinski definition) is 10. The summed E-state index contributed by atoms with van der Waals surface area (Å²) in [5.74, 6) is -4.02. The van der Waals surface area contributed by atoms with E-state index in [0.717, 1.165) is 37.1 Å². The van der Waals surface area contributed by atoms with E-state index in [1.807, 2.05) is 37.4 Å². The van der Waals surface area contributed by atoms with Crippen molar-refractivity contribution >= 4 is 45.0 Å². The predicted molar refractivity (Wildman–Crippen MR) is 194 cm³/mol. The molecule has 13 nitrogen and oxygen atoms in total. The molecule has 296 valence electrons. The van der Waals surface area contributed by atoms with Gasteiger partial charge in [0, 0.05) is 38.0 Å². The van der Waals surface area contributed by atoms with Crippen molar-refractivity contribution in [2.75, 3.05) is 27.2 Å². The molecule has 18 heteroatoms. The number of alkyl halides is 3. The zero-order valence-electron chi connectivity index (χ0n) is 31.0. The highest BCUT2D eigenvalue weighted by Crippen LogP contribution is 2.30. The van der Waals surface area contributed by atoms with Gasteiger partial charge >= 0.3 is 12.1 Å². The van der Waals surface area contributed by atoms with Crippen LogP contribution in [0.5, 0.6) is 0 Å². The minimum atomic E-state index is -5.02. The fourth-order valence-corrected chi connectivity index (χ4v) is 8.14. The molecule has 2 heterocycles. The second kappa shape index (κ2) is 19.6. The Hall–Kier alpha value is -3.61.